The van der Waals surface area contributed by atoms with Crippen molar-refractivity contribution < 1.29 is 14.3 Å². The van der Waals surface area contributed by atoms with E-state index in [-0.39, 0.29) is 24.1 Å². The minimum absolute atomic E-state index is 0.0201. The van der Waals surface area contributed by atoms with Crippen LogP contribution in [0.2, 0.25) is 0 Å². The average Bonchev–Trinajstić information content (AvgIpc) is 3.48. The highest BCUT2D eigenvalue weighted by Crippen LogP contribution is 2.27. The number of carbonyl (C=O) groups excluding carboxylic acids is 2. The lowest BCUT2D eigenvalue weighted by molar-refractivity contribution is -0.131. The number of rotatable bonds is 7. The van der Waals surface area contributed by atoms with Gasteiger partial charge in [0.1, 0.15) is 0 Å². The van der Waals surface area contributed by atoms with Crippen LogP contribution in [0.1, 0.15) is 18.4 Å². The van der Waals surface area contributed by atoms with E-state index in [1.807, 2.05) is 35.8 Å². The molecule has 0 saturated carbocycles. The number of nitrogens with one attached hydrogen (secondary N) is 1. The molecule has 2 aliphatic rings. The number of hydrogen-bond donors (Lipinski definition) is 1. The Labute approximate surface area is 186 Å². The first-order valence-corrected chi connectivity index (χ1v) is 11.6. The van der Waals surface area contributed by atoms with Crippen molar-refractivity contribution in [2.24, 2.45) is 0 Å². The summed E-state index contributed by atoms with van der Waals surface area (Å²) < 4.78 is 7.45. The summed E-state index contributed by atoms with van der Waals surface area (Å²) in [6, 6.07) is 8.15. The minimum Gasteiger partial charge on any atom is -0.378 e. The van der Waals surface area contributed by atoms with Crippen LogP contribution in [0.3, 0.4) is 0 Å². The quantitative estimate of drug-likeness (QED) is 0.643. The van der Waals surface area contributed by atoms with Crippen molar-refractivity contribution in [2.45, 2.75) is 24.9 Å². The van der Waals surface area contributed by atoms with Gasteiger partial charge in [0.05, 0.1) is 31.2 Å². The number of hydrogen-bond acceptors (Lipinski definition) is 7. The molecule has 1 aromatic heterocycles. The zero-order chi connectivity index (χ0) is 21.6. The molecule has 2 aliphatic heterocycles. The molecule has 1 aromatic carbocycles. The number of aryl methyl sites for hydroxylation is 1. The Bertz CT molecular complexity index is 904. The molecular weight excluding hydrogens is 416 g/mol. The molecular formula is C21H28N6O3S. The van der Waals surface area contributed by atoms with Crippen LogP contribution >= 0.6 is 11.8 Å². The molecule has 0 bridgehead atoms. The first-order valence-electron chi connectivity index (χ1n) is 10.6. The van der Waals surface area contributed by atoms with Gasteiger partial charge in [-0.2, -0.15) is 0 Å². The summed E-state index contributed by atoms with van der Waals surface area (Å²) >= 11 is 1.32. The molecule has 0 aliphatic carbocycles. The largest absolute Gasteiger partial charge is 0.378 e. The number of aromatic nitrogens is 3. The Balaban J connectivity index is 1.43. The number of carbonyl (C=O) groups is 2. The molecule has 3 heterocycles. The number of ether oxygens (including phenoxy) is 1. The van der Waals surface area contributed by atoms with Crippen molar-refractivity contribution in [3.05, 3.63) is 29.8 Å². The van der Waals surface area contributed by atoms with Gasteiger partial charge < -0.3 is 19.9 Å². The molecule has 2 fully saturated rings. The van der Waals surface area contributed by atoms with Gasteiger partial charge in [0.15, 0.2) is 5.16 Å². The number of nitrogens with zero attached hydrogens (tertiary/aromatic N) is 5. The number of morpholine rings is 1. The second-order valence-electron chi connectivity index (χ2n) is 7.71. The molecule has 0 spiro atoms. The summed E-state index contributed by atoms with van der Waals surface area (Å²) in [5.74, 6) is 0.705. The number of anilines is 1. The second kappa shape index (κ2) is 10.1. The van der Waals surface area contributed by atoms with Crippen LogP contribution in [-0.2, 0) is 14.3 Å². The van der Waals surface area contributed by atoms with Gasteiger partial charge in [0, 0.05) is 26.2 Å². The molecule has 10 heteroatoms. The van der Waals surface area contributed by atoms with Crippen molar-refractivity contribution in [3.63, 3.8) is 0 Å². The van der Waals surface area contributed by atoms with Gasteiger partial charge in [-0.1, -0.05) is 29.5 Å². The number of amides is 2. The van der Waals surface area contributed by atoms with E-state index in [1.165, 1.54) is 17.3 Å². The average molecular weight is 445 g/mol. The fourth-order valence-corrected chi connectivity index (χ4v) is 4.45. The van der Waals surface area contributed by atoms with E-state index in [0.29, 0.717) is 18.4 Å². The third-order valence-electron chi connectivity index (χ3n) is 5.43. The fraction of sp³-hybridized carbons (Fsp3) is 0.524. The lowest BCUT2D eigenvalue weighted by atomic mass is 10.2. The van der Waals surface area contributed by atoms with E-state index in [4.69, 9.17) is 4.74 Å². The van der Waals surface area contributed by atoms with Crippen LogP contribution in [0.5, 0.6) is 0 Å². The zero-order valence-corrected chi connectivity index (χ0v) is 18.6. The lowest BCUT2D eigenvalue weighted by Crippen LogP contribution is -2.39. The summed E-state index contributed by atoms with van der Waals surface area (Å²) in [6.07, 6.45) is 2.07. The second-order valence-corrected chi connectivity index (χ2v) is 8.65. The van der Waals surface area contributed by atoms with Gasteiger partial charge in [0.2, 0.25) is 17.8 Å². The highest BCUT2D eigenvalue weighted by molar-refractivity contribution is 7.99. The number of thioether (sulfide) groups is 1. The molecule has 166 valence electrons. The molecule has 2 amide bonds. The summed E-state index contributed by atoms with van der Waals surface area (Å²) in [7, 11) is 0. The molecule has 2 saturated heterocycles. The minimum atomic E-state index is -0.191. The Hall–Kier alpha value is -2.59. The van der Waals surface area contributed by atoms with E-state index in [1.54, 1.807) is 4.90 Å². The van der Waals surface area contributed by atoms with E-state index < -0.39 is 0 Å². The third-order valence-corrected chi connectivity index (χ3v) is 6.36. The van der Waals surface area contributed by atoms with Crippen molar-refractivity contribution in [1.29, 1.82) is 0 Å². The van der Waals surface area contributed by atoms with Gasteiger partial charge in [-0.05, 0) is 31.9 Å². The predicted octanol–water partition coefficient (Wildman–Crippen LogP) is 1.24. The van der Waals surface area contributed by atoms with Crippen molar-refractivity contribution in [1.82, 2.24) is 25.0 Å². The van der Waals surface area contributed by atoms with Gasteiger partial charge in [0.25, 0.3) is 0 Å². The third kappa shape index (κ3) is 5.37. The standard InChI is InChI=1S/C21H28N6O3S/c1-16-4-6-17(7-5-16)27-20(26-10-12-30-13-11-26)23-24-21(27)31-15-18(28)22-14-19(29)25-8-2-3-9-25/h4-7H,2-3,8-15H2,1H3,(H,22,28). The topological polar surface area (TPSA) is 92.6 Å². The van der Waals surface area contributed by atoms with E-state index in [2.05, 4.69) is 20.4 Å². The smallest absolute Gasteiger partial charge is 0.241 e. The molecule has 0 radical (unpaired) electrons. The summed E-state index contributed by atoms with van der Waals surface area (Å²) in [5.41, 5.74) is 2.12. The van der Waals surface area contributed by atoms with Crippen LogP contribution in [0, 0.1) is 6.92 Å². The van der Waals surface area contributed by atoms with Crippen molar-refractivity contribution >= 4 is 29.5 Å². The molecule has 0 atom stereocenters. The molecule has 31 heavy (non-hydrogen) atoms. The summed E-state index contributed by atoms with van der Waals surface area (Å²) in [5, 5.41) is 12.1. The number of likely N-dealkylation sites (tertiary alicyclic amines) is 1. The predicted molar refractivity (Wildman–Crippen MR) is 119 cm³/mol. The maximum atomic E-state index is 12.3. The summed E-state index contributed by atoms with van der Waals surface area (Å²) in [6.45, 7) is 6.45. The summed E-state index contributed by atoms with van der Waals surface area (Å²) in [4.78, 5) is 28.4. The highest BCUT2D eigenvalue weighted by atomic mass is 32.2. The SMILES string of the molecule is Cc1ccc(-n2c(SCC(=O)NCC(=O)N3CCCC3)nnc2N2CCOCC2)cc1. The van der Waals surface area contributed by atoms with Gasteiger partial charge in [-0.3, -0.25) is 14.2 Å². The molecule has 4 rings (SSSR count). The van der Waals surface area contributed by atoms with E-state index >= 15 is 0 Å². The normalized spacial score (nSPS) is 16.5. The zero-order valence-electron chi connectivity index (χ0n) is 17.7. The first kappa shape index (κ1) is 21.6. The monoisotopic (exact) mass is 444 g/mol. The van der Waals surface area contributed by atoms with Gasteiger partial charge >= 0.3 is 0 Å². The Morgan fingerprint density at radius 1 is 1.06 bits per heavy atom. The van der Waals surface area contributed by atoms with Gasteiger partial charge in [-0.15, -0.1) is 10.2 Å². The van der Waals surface area contributed by atoms with Crippen LogP contribution in [0.25, 0.3) is 5.69 Å². The van der Waals surface area contributed by atoms with Crippen LogP contribution in [0.15, 0.2) is 29.4 Å². The Morgan fingerprint density at radius 2 is 1.77 bits per heavy atom. The first-order chi connectivity index (χ1) is 15.1. The van der Waals surface area contributed by atoms with E-state index in [9.17, 15) is 9.59 Å². The van der Waals surface area contributed by atoms with Crippen molar-refractivity contribution in [2.75, 3.05) is 56.6 Å². The van der Waals surface area contributed by atoms with Crippen LogP contribution in [-0.4, -0.2) is 83.2 Å². The van der Waals surface area contributed by atoms with Crippen LogP contribution in [0.4, 0.5) is 5.95 Å². The van der Waals surface area contributed by atoms with E-state index in [0.717, 1.165) is 50.7 Å². The Kier molecular flexibility index (Phi) is 7.08. The maximum Gasteiger partial charge on any atom is 0.241 e. The Morgan fingerprint density at radius 3 is 2.48 bits per heavy atom. The molecule has 0 unspecified atom stereocenters. The molecule has 2 aromatic rings. The fourth-order valence-electron chi connectivity index (χ4n) is 3.68. The van der Waals surface area contributed by atoms with Crippen LogP contribution < -0.4 is 10.2 Å². The highest BCUT2D eigenvalue weighted by Gasteiger charge is 2.23. The molecule has 1 N–H and O–H groups in total. The van der Waals surface area contributed by atoms with Crippen molar-refractivity contribution in [3.8, 4) is 5.69 Å². The van der Waals surface area contributed by atoms with Gasteiger partial charge in [-0.25, -0.2) is 0 Å². The lowest BCUT2D eigenvalue weighted by Gasteiger charge is -2.28. The number of benzene rings is 1. The molecule has 9 nitrogen and oxygen atoms in total. The maximum absolute atomic E-state index is 12.3.